The predicted molar refractivity (Wildman–Crippen MR) is 133 cm³/mol. The van der Waals surface area contributed by atoms with Crippen LogP contribution < -0.4 is 15.4 Å². The summed E-state index contributed by atoms with van der Waals surface area (Å²) in [7, 11) is 0. The monoisotopic (exact) mass is 444 g/mol. The molecule has 0 spiro atoms. The minimum atomic E-state index is -0.689. The van der Waals surface area contributed by atoms with Crippen LogP contribution in [0.3, 0.4) is 0 Å². The van der Waals surface area contributed by atoms with Crippen molar-refractivity contribution in [3.63, 3.8) is 0 Å². The molecule has 0 aliphatic heterocycles. The second kappa shape index (κ2) is 11.3. The highest BCUT2D eigenvalue weighted by atomic mass is 16.5. The molecule has 0 saturated heterocycles. The van der Waals surface area contributed by atoms with Gasteiger partial charge in [0, 0.05) is 11.3 Å². The largest absolute Gasteiger partial charge is 0.481 e. The molecule has 0 heterocycles. The predicted octanol–water partition coefficient (Wildman–Crippen LogP) is 6.10. The number of carbonyl (C=O) groups is 2. The minimum absolute atomic E-state index is 0.129. The fraction of sp³-hybridized carbons (Fsp3) is 0.286. The molecule has 0 aliphatic rings. The molecular weight excluding hydrogens is 412 g/mol. The number of hydrogen-bond donors (Lipinski definition) is 2. The number of amides is 2. The second-order valence-corrected chi connectivity index (χ2v) is 8.28. The molecule has 3 unspecified atom stereocenters. The molecule has 0 radical (unpaired) electrons. The van der Waals surface area contributed by atoms with E-state index in [1.54, 1.807) is 31.2 Å². The van der Waals surface area contributed by atoms with Crippen LogP contribution in [0.15, 0.2) is 78.9 Å². The van der Waals surface area contributed by atoms with E-state index in [9.17, 15) is 9.59 Å². The van der Waals surface area contributed by atoms with Gasteiger partial charge in [0.25, 0.3) is 11.8 Å². The van der Waals surface area contributed by atoms with Gasteiger partial charge in [0.1, 0.15) is 5.75 Å². The molecule has 2 N–H and O–H groups in total. The lowest BCUT2D eigenvalue weighted by Gasteiger charge is -2.20. The Balaban J connectivity index is 1.64. The van der Waals surface area contributed by atoms with Crippen molar-refractivity contribution >= 4 is 17.5 Å². The minimum Gasteiger partial charge on any atom is -0.481 e. The molecule has 5 nitrogen and oxygen atoms in total. The zero-order valence-electron chi connectivity index (χ0n) is 19.7. The topological polar surface area (TPSA) is 67.4 Å². The van der Waals surface area contributed by atoms with Crippen molar-refractivity contribution in [2.24, 2.45) is 0 Å². The number of rotatable bonds is 9. The van der Waals surface area contributed by atoms with Gasteiger partial charge in [-0.15, -0.1) is 0 Å². The SMILES string of the molecule is CCC(C)c1ccccc1OC(C)C(=O)Nc1cccc(C(=O)NC(C)c2ccccc2)c1. The van der Waals surface area contributed by atoms with Gasteiger partial charge in [0.2, 0.25) is 0 Å². The summed E-state index contributed by atoms with van der Waals surface area (Å²) >= 11 is 0. The van der Waals surface area contributed by atoms with Crippen LogP contribution >= 0.6 is 0 Å². The van der Waals surface area contributed by atoms with E-state index in [1.807, 2.05) is 61.5 Å². The summed E-state index contributed by atoms with van der Waals surface area (Å²) in [6.07, 6.45) is 0.296. The summed E-state index contributed by atoms with van der Waals surface area (Å²) in [5.74, 6) is 0.584. The molecule has 3 rings (SSSR count). The molecule has 172 valence electrons. The van der Waals surface area contributed by atoms with Gasteiger partial charge < -0.3 is 15.4 Å². The highest BCUT2D eigenvalue weighted by Gasteiger charge is 2.19. The maximum atomic E-state index is 12.8. The van der Waals surface area contributed by atoms with E-state index in [4.69, 9.17) is 4.74 Å². The number of benzene rings is 3. The second-order valence-electron chi connectivity index (χ2n) is 8.28. The van der Waals surface area contributed by atoms with Crippen LogP contribution in [0.1, 0.15) is 67.6 Å². The molecule has 0 aromatic heterocycles. The van der Waals surface area contributed by atoms with Crippen molar-refractivity contribution in [3.8, 4) is 5.75 Å². The highest BCUT2D eigenvalue weighted by Crippen LogP contribution is 2.29. The fourth-order valence-corrected chi connectivity index (χ4v) is 3.55. The van der Waals surface area contributed by atoms with Crippen LogP contribution in [-0.4, -0.2) is 17.9 Å². The molecule has 0 fully saturated rings. The van der Waals surface area contributed by atoms with Gasteiger partial charge in [-0.1, -0.05) is 68.4 Å². The molecule has 3 aromatic carbocycles. The van der Waals surface area contributed by atoms with Gasteiger partial charge in [-0.05, 0) is 61.6 Å². The quantitative estimate of drug-likeness (QED) is 0.419. The van der Waals surface area contributed by atoms with E-state index >= 15 is 0 Å². The number of para-hydroxylation sites is 1. The average molecular weight is 445 g/mol. The third kappa shape index (κ3) is 6.45. The van der Waals surface area contributed by atoms with Gasteiger partial charge in [0.15, 0.2) is 6.10 Å². The molecular formula is C28H32N2O3. The lowest BCUT2D eigenvalue weighted by molar-refractivity contribution is -0.122. The first-order valence-corrected chi connectivity index (χ1v) is 11.4. The summed E-state index contributed by atoms with van der Waals surface area (Å²) in [6, 6.07) is 24.4. The van der Waals surface area contributed by atoms with Crippen molar-refractivity contribution in [1.29, 1.82) is 0 Å². The molecule has 33 heavy (non-hydrogen) atoms. The third-order valence-electron chi connectivity index (χ3n) is 5.77. The smallest absolute Gasteiger partial charge is 0.265 e. The number of ether oxygens (including phenoxy) is 1. The zero-order chi connectivity index (χ0) is 23.8. The number of anilines is 1. The first-order chi connectivity index (χ1) is 15.9. The summed E-state index contributed by atoms with van der Waals surface area (Å²) < 4.78 is 5.99. The standard InChI is InChI=1S/C28H32N2O3/c1-5-19(2)25-16-9-10-17-26(25)33-21(4)27(31)30-24-15-11-14-23(18-24)28(32)29-20(3)22-12-7-6-8-13-22/h6-21H,5H2,1-4H3,(H,29,32)(H,30,31). The van der Waals surface area contributed by atoms with Gasteiger partial charge in [-0.25, -0.2) is 0 Å². The van der Waals surface area contributed by atoms with Crippen LogP contribution in [0, 0.1) is 0 Å². The van der Waals surface area contributed by atoms with Crippen LogP contribution in [-0.2, 0) is 4.79 Å². The van der Waals surface area contributed by atoms with Crippen LogP contribution in [0.5, 0.6) is 5.75 Å². The van der Waals surface area contributed by atoms with E-state index in [0.717, 1.165) is 23.3 Å². The van der Waals surface area contributed by atoms with E-state index in [-0.39, 0.29) is 17.9 Å². The number of nitrogens with one attached hydrogen (secondary N) is 2. The molecule has 3 aromatic rings. The lowest BCUT2D eigenvalue weighted by Crippen LogP contribution is -2.31. The van der Waals surface area contributed by atoms with Crippen LogP contribution in [0.2, 0.25) is 0 Å². The summed E-state index contributed by atoms with van der Waals surface area (Å²) in [4.78, 5) is 25.5. The molecule has 0 bridgehead atoms. The average Bonchev–Trinajstić information content (AvgIpc) is 2.84. The Bertz CT molecular complexity index is 1080. The Kier molecular flexibility index (Phi) is 8.25. The van der Waals surface area contributed by atoms with E-state index in [2.05, 4.69) is 24.5 Å². The first-order valence-electron chi connectivity index (χ1n) is 11.4. The Morgan fingerprint density at radius 2 is 1.58 bits per heavy atom. The Morgan fingerprint density at radius 1 is 0.879 bits per heavy atom. The normalized spacial score (nSPS) is 13.5. The fourth-order valence-electron chi connectivity index (χ4n) is 3.55. The van der Waals surface area contributed by atoms with Gasteiger partial charge in [0.05, 0.1) is 6.04 Å². The van der Waals surface area contributed by atoms with Crippen LogP contribution in [0.25, 0.3) is 0 Å². The van der Waals surface area contributed by atoms with Gasteiger partial charge >= 0.3 is 0 Å². The van der Waals surface area contributed by atoms with E-state index < -0.39 is 6.10 Å². The van der Waals surface area contributed by atoms with Crippen molar-refractivity contribution in [1.82, 2.24) is 5.32 Å². The number of hydrogen-bond acceptors (Lipinski definition) is 3. The third-order valence-corrected chi connectivity index (χ3v) is 5.77. The Labute approximate surface area is 196 Å². The Hall–Kier alpha value is -3.60. The van der Waals surface area contributed by atoms with Crippen molar-refractivity contribution in [3.05, 3.63) is 95.6 Å². The summed E-state index contributed by atoms with van der Waals surface area (Å²) in [5.41, 5.74) is 3.14. The van der Waals surface area contributed by atoms with Crippen molar-refractivity contribution in [2.75, 3.05) is 5.32 Å². The summed E-state index contributed by atoms with van der Waals surface area (Å²) in [6.45, 7) is 7.93. The van der Waals surface area contributed by atoms with Crippen molar-refractivity contribution < 1.29 is 14.3 Å². The van der Waals surface area contributed by atoms with E-state index in [0.29, 0.717) is 17.2 Å². The zero-order valence-corrected chi connectivity index (χ0v) is 19.7. The maximum Gasteiger partial charge on any atom is 0.265 e. The van der Waals surface area contributed by atoms with Crippen molar-refractivity contribution in [2.45, 2.75) is 52.2 Å². The summed E-state index contributed by atoms with van der Waals surface area (Å²) in [5, 5.41) is 5.86. The molecule has 5 heteroatoms. The molecule has 0 saturated carbocycles. The first kappa shape index (κ1) is 24.1. The van der Waals surface area contributed by atoms with Gasteiger partial charge in [-0.3, -0.25) is 9.59 Å². The Morgan fingerprint density at radius 3 is 2.30 bits per heavy atom. The van der Waals surface area contributed by atoms with Gasteiger partial charge in [-0.2, -0.15) is 0 Å². The molecule has 3 atom stereocenters. The van der Waals surface area contributed by atoms with Crippen LogP contribution in [0.4, 0.5) is 5.69 Å². The number of carbonyl (C=O) groups excluding carboxylic acids is 2. The maximum absolute atomic E-state index is 12.8. The highest BCUT2D eigenvalue weighted by molar-refractivity contribution is 5.98. The lowest BCUT2D eigenvalue weighted by atomic mass is 9.98. The molecule has 2 amide bonds. The van der Waals surface area contributed by atoms with E-state index in [1.165, 1.54) is 0 Å². The molecule has 0 aliphatic carbocycles.